The van der Waals surface area contributed by atoms with Crippen LogP contribution in [0.15, 0.2) is 115 Å². The molecule has 0 radical (unpaired) electrons. The van der Waals surface area contributed by atoms with Crippen molar-refractivity contribution < 1.29 is 26.8 Å². The number of anilines is 7. The van der Waals surface area contributed by atoms with Gasteiger partial charge in [0.15, 0.2) is 11.6 Å². The van der Waals surface area contributed by atoms with Crippen LogP contribution in [0.4, 0.5) is 49.1 Å². The number of nitrogen functional groups attached to an aromatic ring is 3. The lowest BCUT2D eigenvalue weighted by Gasteiger charge is -2.34. The molecule has 6 aromatic rings. The number of nitrogens with two attached hydrogens (primary N) is 3. The first kappa shape index (κ1) is 47.4. The molecule has 0 spiro atoms. The number of aromatic nitrogens is 4. The molecule has 8 rings (SSSR count). The average molecular weight is 907 g/mol. The Morgan fingerprint density at radius 2 is 1.08 bits per heavy atom. The molecule has 2 aliphatic heterocycles. The molecule has 2 saturated heterocycles. The second kappa shape index (κ2) is 21.5. The number of halogens is 2. The predicted molar refractivity (Wildman–Crippen MR) is 250 cm³/mol. The van der Waals surface area contributed by atoms with E-state index in [9.17, 15) is 26.8 Å². The predicted octanol–water partition coefficient (Wildman–Crippen LogP) is 5.17. The minimum atomic E-state index is -3.61. The summed E-state index contributed by atoms with van der Waals surface area (Å²) in [6.07, 6.45) is 2.40. The first-order valence-electron chi connectivity index (χ1n) is 20.8. The van der Waals surface area contributed by atoms with Gasteiger partial charge < -0.3 is 42.1 Å². The summed E-state index contributed by atoms with van der Waals surface area (Å²) in [5.74, 6) is -2.16. The normalized spacial score (nSPS) is 14.4. The first-order valence-corrected chi connectivity index (χ1v) is 22.4. The molecule has 4 aromatic carbocycles. The van der Waals surface area contributed by atoms with E-state index in [1.165, 1.54) is 60.9 Å². The van der Waals surface area contributed by atoms with Gasteiger partial charge >= 0.3 is 0 Å². The van der Waals surface area contributed by atoms with E-state index >= 15 is 0 Å². The molecule has 0 saturated carbocycles. The van der Waals surface area contributed by atoms with Crippen molar-refractivity contribution in [1.82, 2.24) is 29.7 Å². The maximum atomic E-state index is 13.4. The summed E-state index contributed by atoms with van der Waals surface area (Å²) in [5.41, 5.74) is 21.7. The zero-order chi connectivity index (χ0) is 46.7. The Morgan fingerprint density at radius 3 is 1.51 bits per heavy atom. The number of rotatable bonds is 10. The van der Waals surface area contributed by atoms with E-state index in [0.29, 0.717) is 0 Å². The summed E-state index contributed by atoms with van der Waals surface area (Å²) in [6, 6.07) is 26.6. The van der Waals surface area contributed by atoms with Gasteiger partial charge in [0.05, 0.1) is 16.9 Å². The van der Waals surface area contributed by atoms with Crippen molar-refractivity contribution in [3.63, 3.8) is 0 Å². The van der Waals surface area contributed by atoms with Crippen LogP contribution in [0.2, 0.25) is 0 Å². The van der Waals surface area contributed by atoms with Crippen LogP contribution in [0.3, 0.4) is 0 Å². The van der Waals surface area contributed by atoms with Gasteiger partial charge in [-0.25, -0.2) is 32.2 Å². The number of ketones is 2. The van der Waals surface area contributed by atoms with Crippen molar-refractivity contribution in [3.05, 3.63) is 143 Å². The number of hydrogen-bond acceptors (Lipinski definition) is 16. The Morgan fingerprint density at radius 1 is 0.631 bits per heavy atom. The number of carbonyl (C=O) groups excluding carboxylic acids is 2. The van der Waals surface area contributed by atoms with Gasteiger partial charge in [-0.05, 0) is 86.9 Å². The van der Waals surface area contributed by atoms with Crippen LogP contribution < -0.4 is 32.3 Å². The van der Waals surface area contributed by atoms with Crippen molar-refractivity contribution in [2.45, 2.75) is 12.1 Å². The fraction of sp³-hybridized carbons (Fsp3) is 0.261. The molecule has 16 nitrogen and oxygen atoms in total. The van der Waals surface area contributed by atoms with Gasteiger partial charge in [0.2, 0.25) is 20.9 Å². The molecule has 0 atom stereocenters. The Balaban J connectivity index is 0.000000174. The highest BCUT2D eigenvalue weighted by Gasteiger charge is 2.21. The maximum absolute atomic E-state index is 13.4. The molecule has 2 aromatic heterocycles. The van der Waals surface area contributed by atoms with E-state index in [2.05, 4.69) is 83.2 Å². The summed E-state index contributed by atoms with van der Waals surface area (Å²) in [5, 5.41) is 2.66. The molecule has 340 valence electrons. The van der Waals surface area contributed by atoms with Crippen molar-refractivity contribution in [3.8, 4) is 0 Å². The fourth-order valence-corrected chi connectivity index (χ4v) is 7.44. The van der Waals surface area contributed by atoms with E-state index in [-0.39, 0.29) is 45.6 Å². The molecule has 2 fully saturated rings. The average Bonchev–Trinajstić information content (AvgIpc) is 3.30. The highest BCUT2D eigenvalue weighted by Crippen LogP contribution is 2.23. The van der Waals surface area contributed by atoms with Crippen LogP contribution in [0.1, 0.15) is 38.8 Å². The minimum absolute atomic E-state index is 0.0378. The van der Waals surface area contributed by atoms with Crippen molar-refractivity contribution in [2.75, 3.05) is 105 Å². The van der Waals surface area contributed by atoms with Crippen LogP contribution in [0.25, 0.3) is 0 Å². The molecule has 0 amide bonds. The smallest absolute Gasteiger partial charge is 0.249 e. The lowest BCUT2D eigenvalue weighted by molar-refractivity contribution is 0.103. The summed E-state index contributed by atoms with van der Waals surface area (Å²) in [4.78, 5) is 49.8. The lowest BCUT2D eigenvalue weighted by atomic mass is 10.1. The number of likely N-dealkylation sites (N-methyl/N-ethyl adjacent to an activating group) is 2. The highest BCUT2D eigenvalue weighted by molar-refractivity contribution is 7.91. The molecule has 0 bridgehead atoms. The zero-order valence-electron chi connectivity index (χ0n) is 36.4. The monoisotopic (exact) mass is 906 g/mol. The fourth-order valence-electron chi connectivity index (χ4n) is 6.73. The van der Waals surface area contributed by atoms with Gasteiger partial charge in [-0.2, -0.15) is 4.98 Å². The third-order valence-electron chi connectivity index (χ3n) is 10.7. The van der Waals surface area contributed by atoms with Gasteiger partial charge in [-0.15, -0.1) is 0 Å². The van der Waals surface area contributed by atoms with Crippen LogP contribution >= 0.6 is 0 Å². The van der Waals surface area contributed by atoms with Crippen molar-refractivity contribution >= 4 is 61.7 Å². The van der Waals surface area contributed by atoms with Gasteiger partial charge in [0, 0.05) is 98.6 Å². The SMILES string of the molecule is CCS(=O)(=O)c1ncc(C(=O)c2cccc(F)c2)c(N)n1.CN1CCN(c2ccc(N)cc2)CC1.CN1CCN(c2ccc(Nc3ncc(C(=O)c4cccc(F)c4)c(N)n3)cc2)CC1. The van der Waals surface area contributed by atoms with E-state index < -0.39 is 38.2 Å². The van der Waals surface area contributed by atoms with E-state index in [1.807, 2.05) is 24.3 Å². The van der Waals surface area contributed by atoms with Gasteiger partial charge in [-0.1, -0.05) is 31.2 Å². The van der Waals surface area contributed by atoms with Crippen LogP contribution in [-0.2, 0) is 9.84 Å². The van der Waals surface area contributed by atoms with E-state index in [0.717, 1.165) is 82.1 Å². The second-order valence-electron chi connectivity index (χ2n) is 15.4. The molecule has 4 heterocycles. The number of benzene rings is 4. The molecule has 0 aliphatic carbocycles. The summed E-state index contributed by atoms with van der Waals surface area (Å²) < 4.78 is 49.8. The number of sulfone groups is 1. The molecule has 65 heavy (non-hydrogen) atoms. The third-order valence-corrected chi connectivity index (χ3v) is 12.2. The molecule has 7 N–H and O–H groups in total. The van der Waals surface area contributed by atoms with Gasteiger partial charge in [0.1, 0.15) is 23.3 Å². The Bertz CT molecular complexity index is 2700. The standard InChI is InChI=1S/C22H23FN6O.C13H12FN3O3S.C11H17N3/c1-28-9-11-29(12-10-28)18-7-5-17(6-8-18)26-22-25-14-19(21(24)27-22)20(30)15-3-2-4-16(23)13-15;1-2-21(19,20)13-16-7-10(12(15)17-13)11(18)8-4-3-5-9(14)6-8;1-13-6-8-14(9-7-13)11-4-2-10(12)3-5-11/h2-8,13-14H,9-12H2,1H3,(H3,24,25,26,27);3-7H,2H2,1H3,(H2,15,16,17);2-5H,6-9,12H2,1H3. The van der Waals surface area contributed by atoms with Crippen LogP contribution in [0.5, 0.6) is 0 Å². The summed E-state index contributed by atoms with van der Waals surface area (Å²) >= 11 is 0. The molecule has 2 aliphatic rings. The van der Waals surface area contributed by atoms with Crippen LogP contribution in [0, 0.1) is 11.6 Å². The largest absolute Gasteiger partial charge is 0.399 e. The third kappa shape index (κ3) is 12.8. The van der Waals surface area contributed by atoms with Crippen LogP contribution in [-0.4, -0.2) is 122 Å². The van der Waals surface area contributed by atoms with Crippen molar-refractivity contribution in [2.24, 2.45) is 0 Å². The number of carbonyl (C=O) groups is 2. The number of piperazine rings is 2. The quantitative estimate of drug-likeness (QED) is 0.0791. The van der Waals surface area contributed by atoms with Crippen molar-refractivity contribution in [1.29, 1.82) is 0 Å². The highest BCUT2D eigenvalue weighted by atomic mass is 32.2. The second-order valence-corrected chi connectivity index (χ2v) is 17.5. The summed E-state index contributed by atoms with van der Waals surface area (Å²) in [6.45, 7) is 10.1. The Kier molecular flexibility index (Phi) is 15.7. The Labute approximate surface area is 377 Å². The Hall–Kier alpha value is -7.09. The lowest BCUT2D eigenvalue weighted by Crippen LogP contribution is -2.44. The van der Waals surface area contributed by atoms with E-state index in [4.69, 9.17) is 17.2 Å². The minimum Gasteiger partial charge on any atom is -0.399 e. The zero-order valence-corrected chi connectivity index (χ0v) is 37.2. The molecular weight excluding hydrogens is 855 g/mol. The maximum Gasteiger partial charge on any atom is 0.249 e. The van der Waals surface area contributed by atoms with Gasteiger partial charge in [0.25, 0.3) is 0 Å². The topological polar surface area (TPSA) is 223 Å². The molecular formula is C46H52F2N12O4S. The first-order chi connectivity index (χ1) is 31.1. The number of nitrogens with zero attached hydrogens (tertiary/aromatic N) is 8. The molecule has 19 heteroatoms. The van der Waals surface area contributed by atoms with E-state index in [1.54, 1.807) is 0 Å². The number of nitrogens with one attached hydrogen (secondary N) is 1. The van der Waals surface area contributed by atoms with Gasteiger partial charge in [-0.3, -0.25) is 9.59 Å². The summed E-state index contributed by atoms with van der Waals surface area (Å²) in [7, 11) is 0.691. The number of hydrogen-bond donors (Lipinski definition) is 4. The molecule has 0 unspecified atom stereocenters.